The lowest BCUT2D eigenvalue weighted by atomic mass is 10.00. The molecule has 0 radical (unpaired) electrons. The van der Waals surface area contributed by atoms with Crippen molar-refractivity contribution in [2.75, 3.05) is 37.8 Å². The van der Waals surface area contributed by atoms with E-state index in [0.717, 1.165) is 24.1 Å². The van der Waals surface area contributed by atoms with E-state index in [9.17, 15) is 10.1 Å². The van der Waals surface area contributed by atoms with Crippen LogP contribution in [0.4, 0.5) is 17.3 Å². The quantitative estimate of drug-likeness (QED) is 0.130. The lowest BCUT2D eigenvalue weighted by Crippen LogP contribution is -2.17. The van der Waals surface area contributed by atoms with Gasteiger partial charge in [0.2, 0.25) is 0 Å². The smallest absolute Gasteiger partial charge is 0.271 e. The Morgan fingerprint density at radius 3 is 2.37 bits per heavy atom. The summed E-state index contributed by atoms with van der Waals surface area (Å²) in [6.45, 7) is 2.20. The summed E-state index contributed by atoms with van der Waals surface area (Å²) >= 11 is 0. The molecule has 0 spiro atoms. The Morgan fingerprint density at radius 1 is 0.789 bits per heavy atom. The van der Waals surface area contributed by atoms with E-state index in [1.807, 2.05) is 14.1 Å². The van der Waals surface area contributed by atoms with Crippen LogP contribution in [0.5, 0.6) is 0 Å². The van der Waals surface area contributed by atoms with Crippen molar-refractivity contribution in [2.24, 2.45) is 0 Å². The summed E-state index contributed by atoms with van der Waals surface area (Å²) in [4.78, 5) is 22.4. The Kier molecular flexibility index (Phi) is 7.42. The van der Waals surface area contributed by atoms with Crippen LogP contribution in [0.2, 0.25) is 0 Å². The Labute approximate surface area is 221 Å². The van der Waals surface area contributed by atoms with Gasteiger partial charge in [0.05, 0.1) is 16.0 Å². The zero-order valence-corrected chi connectivity index (χ0v) is 21.5. The minimum Gasteiger partial charge on any atom is -0.367 e. The van der Waals surface area contributed by atoms with Crippen molar-refractivity contribution in [3.05, 3.63) is 101 Å². The van der Waals surface area contributed by atoms with Gasteiger partial charge in [-0.2, -0.15) is 0 Å². The van der Waals surface area contributed by atoms with E-state index in [-0.39, 0.29) is 5.69 Å². The SMILES string of the molecule is CN(C)CCCNc1nc2cc([N+](=O)[O-])ccc2nc1NCc1cccc(-c2ccc3ccccc3c2)c1. The normalized spacial score (nSPS) is 11.2. The second-order valence-corrected chi connectivity index (χ2v) is 9.55. The molecule has 0 aliphatic rings. The van der Waals surface area contributed by atoms with Crippen molar-refractivity contribution in [2.45, 2.75) is 13.0 Å². The van der Waals surface area contributed by atoms with Gasteiger partial charge in [-0.25, -0.2) is 9.97 Å². The van der Waals surface area contributed by atoms with Crippen molar-refractivity contribution < 1.29 is 4.92 Å². The van der Waals surface area contributed by atoms with Gasteiger partial charge in [0.25, 0.3) is 5.69 Å². The highest BCUT2D eigenvalue weighted by atomic mass is 16.6. The van der Waals surface area contributed by atoms with Crippen LogP contribution in [0.15, 0.2) is 84.9 Å². The zero-order valence-electron chi connectivity index (χ0n) is 21.5. The highest BCUT2D eigenvalue weighted by Gasteiger charge is 2.13. The topological polar surface area (TPSA) is 96.2 Å². The number of rotatable bonds is 10. The summed E-state index contributed by atoms with van der Waals surface area (Å²) in [5.74, 6) is 1.20. The number of benzene rings is 4. The first kappa shape index (κ1) is 25.1. The van der Waals surface area contributed by atoms with E-state index in [4.69, 9.17) is 4.98 Å². The van der Waals surface area contributed by atoms with E-state index >= 15 is 0 Å². The third-order valence-electron chi connectivity index (χ3n) is 6.40. The lowest BCUT2D eigenvalue weighted by Gasteiger charge is -2.15. The molecule has 0 atom stereocenters. The third-order valence-corrected chi connectivity index (χ3v) is 6.40. The Morgan fingerprint density at radius 2 is 1.55 bits per heavy atom. The number of nitrogens with zero attached hydrogens (tertiary/aromatic N) is 4. The van der Waals surface area contributed by atoms with Gasteiger partial charge in [0.15, 0.2) is 11.6 Å². The molecule has 5 rings (SSSR count). The molecule has 1 heterocycles. The molecule has 2 N–H and O–H groups in total. The number of non-ortho nitro benzene ring substituents is 1. The number of hydrogen-bond acceptors (Lipinski definition) is 7. The van der Waals surface area contributed by atoms with Crippen LogP contribution in [-0.4, -0.2) is 47.0 Å². The number of nitro groups is 1. The molecular weight excluding hydrogens is 476 g/mol. The largest absolute Gasteiger partial charge is 0.367 e. The van der Waals surface area contributed by atoms with Gasteiger partial charge in [-0.05, 0) is 72.7 Å². The summed E-state index contributed by atoms with van der Waals surface area (Å²) in [6.07, 6.45) is 0.925. The highest BCUT2D eigenvalue weighted by molar-refractivity contribution is 5.87. The molecule has 0 saturated carbocycles. The number of nitrogens with one attached hydrogen (secondary N) is 2. The zero-order chi connectivity index (χ0) is 26.5. The fraction of sp³-hybridized carbons (Fsp3) is 0.200. The summed E-state index contributed by atoms with van der Waals surface area (Å²) in [5, 5.41) is 20.5. The maximum atomic E-state index is 11.2. The maximum Gasteiger partial charge on any atom is 0.271 e. The molecule has 192 valence electrons. The first-order valence-electron chi connectivity index (χ1n) is 12.6. The number of nitro benzene ring substituents is 1. The second-order valence-electron chi connectivity index (χ2n) is 9.55. The number of anilines is 2. The molecule has 0 aliphatic carbocycles. The molecule has 38 heavy (non-hydrogen) atoms. The average molecular weight is 507 g/mol. The molecule has 0 fully saturated rings. The molecule has 0 amide bonds. The molecule has 0 bridgehead atoms. The van der Waals surface area contributed by atoms with Gasteiger partial charge < -0.3 is 15.5 Å². The highest BCUT2D eigenvalue weighted by Crippen LogP contribution is 2.27. The lowest BCUT2D eigenvalue weighted by molar-refractivity contribution is -0.384. The van der Waals surface area contributed by atoms with Crippen molar-refractivity contribution in [1.82, 2.24) is 14.9 Å². The first-order valence-corrected chi connectivity index (χ1v) is 12.6. The fourth-order valence-corrected chi connectivity index (χ4v) is 4.42. The van der Waals surface area contributed by atoms with E-state index in [0.29, 0.717) is 35.8 Å². The van der Waals surface area contributed by atoms with Crippen molar-refractivity contribution in [1.29, 1.82) is 0 Å². The molecule has 0 saturated heterocycles. The molecule has 0 unspecified atom stereocenters. The number of hydrogen-bond donors (Lipinski definition) is 2. The number of aromatic nitrogens is 2. The van der Waals surface area contributed by atoms with E-state index in [2.05, 4.69) is 87.2 Å². The fourth-order valence-electron chi connectivity index (χ4n) is 4.42. The van der Waals surface area contributed by atoms with Gasteiger partial charge in [-0.3, -0.25) is 10.1 Å². The predicted octanol–water partition coefficient (Wildman–Crippen LogP) is 6.33. The summed E-state index contributed by atoms with van der Waals surface area (Å²) in [7, 11) is 4.07. The van der Waals surface area contributed by atoms with Gasteiger partial charge in [0.1, 0.15) is 0 Å². The van der Waals surface area contributed by atoms with Gasteiger partial charge in [-0.15, -0.1) is 0 Å². The maximum absolute atomic E-state index is 11.2. The van der Waals surface area contributed by atoms with Crippen molar-refractivity contribution in [3.8, 4) is 11.1 Å². The molecule has 0 aliphatic heterocycles. The first-order chi connectivity index (χ1) is 18.5. The van der Waals surface area contributed by atoms with Crippen LogP contribution in [0.25, 0.3) is 32.9 Å². The standard InChI is InChI=1S/C30H30N6O2/c1-35(2)16-6-15-31-29-30(33-27-14-13-26(36(37)38)19-28(27)34-29)32-20-21-7-5-10-23(17-21)25-12-11-22-8-3-4-9-24(22)18-25/h3-5,7-14,17-19H,6,15-16,20H2,1-2H3,(H,31,34)(H,32,33). The van der Waals surface area contributed by atoms with E-state index < -0.39 is 4.92 Å². The van der Waals surface area contributed by atoms with E-state index in [1.54, 1.807) is 6.07 Å². The molecule has 8 heteroatoms. The van der Waals surface area contributed by atoms with Gasteiger partial charge >= 0.3 is 0 Å². The Balaban J connectivity index is 1.39. The van der Waals surface area contributed by atoms with Crippen molar-refractivity contribution in [3.63, 3.8) is 0 Å². The monoisotopic (exact) mass is 506 g/mol. The average Bonchev–Trinajstić information content (AvgIpc) is 2.93. The molecule has 4 aromatic carbocycles. The van der Waals surface area contributed by atoms with Crippen LogP contribution in [-0.2, 0) is 6.54 Å². The van der Waals surface area contributed by atoms with Crippen molar-refractivity contribution >= 4 is 39.1 Å². The minimum absolute atomic E-state index is 0.00317. The predicted molar refractivity (Wildman–Crippen MR) is 155 cm³/mol. The van der Waals surface area contributed by atoms with Gasteiger partial charge in [-0.1, -0.05) is 54.6 Å². The van der Waals surface area contributed by atoms with E-state index in [1.165, 1.54) is 28.5 Å². The molecule has 1 aromatic heterocycles. The summed E-state index contributed by atoms with van der Waals surface area (Å²) < 4.78 is 0. The third kappa shape index (κ3) is 5.87. The number of fused-ring (bicyclic) bond motifs is 2. The second kappa shape index (κ2) is 11.2. The van der Waals surface area contributed by atoms with Crippen LogP contribution in [0.1, 0.15) is 12.0 Å². The molecule has 5 aromatic rings. The summed E-state index contributed by atoms with van der Waals surface area (Å²) in [6, 6.07) is 27.9. The Hall–Kier alpha value is -4.56. The molecular formula is C30H30N6O2. The summed E-state index contributed by atoms with van der Waals surface area (Å²) in [5.41, 5.74) is 4.51. The van der Waals surface area contributed by atoms with Crippen LogP contribution < -0.4 is 10.6 Å². The molecule has 8 nitrogen and oxygen atoms in total. The van der Waals surface area contributed by atoms with Crippen LogP contribution in [0.3, 0.4) is 0 Å². The minimum atomic E-state index is -0.417. The van der Waals surface area contributed by atoms with Gasteiger partial charge in [0, 0.05) is 25.2 Å². The van der Waals surface area contributed by atoms with Crippen LogP contribution in [0, 0.1) is 10.1 Å². The van der Waals surface area contributed by atoms with Crippen LogP contribution >= 0.6 is 0 Å². The Bertz CT molecular complexity index is 1600.